The summed E-state index contributed by atoms with van der Waals surface area (Å²) in [4.78, 5) is 20.9. The van der Waals surface area contributed by atoms with E-state index in [-0.39, 0.29) is 5.91 Å². The fourth-order valence-corrected chi connectivity index (χ4v) is 3.13. The molecule has 1 amide bonds. The molecule has 6 nitrogen and oxygen atoms in total. The van der Waals surface area contributed by atoms with Crippen LogP contribution in [0.5, 0.6) is 0 Å². The van der Waals surface area contributed by atoms with Crippen LogP contribution in [-0.2, 0) is 0 Å². The molecule has 3 heterocycles. The molecule has 0 atom stereocenters. The first-order valence-electron chi connectivity index (χ1n) is 6.31. The molecule has 0 saturated carbocycles. The van der Waals surface area contributed by atoms with Gasteiger partial charge >= 0.3 is 0 Å². The number of likely N-dealkylation sites (tertiary alicyclic amines) is 1. The molecule has 1 aliphatic heterocycles. The van der Waals surface area contributed by atoms with Crippen LogP contribution in [0.1, 0.15) is 34.2 Å². The smallest absolute Gasteiger partial charge is 0.265 e. The van der Waals surface area contributed by atoms with Gasteiger partial charge in [-0.05, 0) is 19.8 Å². The zero-order valence-electron chi connectivity index (χ0n) is 10.7. The van der Waals surface area contributed by atoms with Crippen molar-refractivity contribution in [1.82, 2.24) is 24.9 Å². The molecule has 2 aromatic heterocycles. The number of rotatable bonds is 2. The topological polar surface area (TPSA) is 63.9 Å². The molecule has 2 aromatic rings. The normalized spacial score (nSPS) is 16.8. The van der Waals surface area contributed by atoms with E-state index in [0.29, 0.717) is 6.04 Å². The maximum atomic E-state index is 12.3. The first-order chi connectivity index (χ1) is 9.25. The Morgan fingerprint density at radius 1 is 1.32 bits per heavy atom. The fourth-order valence-electron chi connectivity index (χ4n) is 2.37. The van der Waals surface area contributed by atoms with Crippen LogP contribution in [0, 0.1) is 6.92 Å². The van der Waals surface area contributed by atoms with Crippen LogP contribution in [0.4, 0.5) is 0 Å². The van der Waals surface area contributed by atoms with Crippen LogP contribution in [0.2, 0.25) is 0 Å². The molecule has 1 saturated heterocycles. The Labute approximate surface area is 115 Å². The van der Waals surface area contributed by atoms with Gasteiger partial charge in [-0.25, -0.2) is 4.98 Å². The summed E-state index contributed by atoms with van der Waals surface area (Å²) < 4.78 is 0. The molecule has 0 spiro atoms. The Morgan fingerprint density at radius 2 is 2.00 bits per heavy atom. The summed E-state index contributed by atoms with van der Waals surface area (Å²) in [7, 11) is 0. The second-order valence-electron chi connectivity index (χ2n) is 4.64. The highest BCUT2D eigenvalue weighted by atomic mass is 32.1. The zero-order valence-corrected chi connectivity index (χ0v) is 11.5. The SMILES string of the molecule is Cc1ncsc1C(=O)N1CCC(n2nccn2)CC1. The average molecular weight is 277 g/mol. The molecule has 0 N–H and O–H groups in total. The second-order valence-corrected chi connectivity index (χ2v) is 5.49. The number of amides is 1. The minimum absolute atomic E-state index is 0.104. The van der Waals surface area contributed by atoms with Crippen molar-refractivity contribution in [2.45, 2.75) is 25.8 Å². The highest BCUT2D eigenvalue weighted by Crippen LogP contribution is 2.23. The van der Waals surface area contributed by atoms with E-state index in [2.05, 4.69) is 15.2 Å². The predicted molar refractivity (Wildman–Crippen MR) is 71.0 cm³/mol. The molecule has 0 unspecified atom stereocenters. The molecule has 0 radical (unpaired) electrons. The molecule has 100 valence electrons. The standard InChI is InChI=1S/C12H15N5OS/c1-9-11(19-8-13-9)12(18)16-6-2-10(3-7-16)17-14-4-5-15-17/h4-5,8,10H,2-3,6-7H2,1H3. The van der Waals surface area contributed by atoms with Gasteiger partial charge in [-0.2, -0.15) is 15.0 Å². The molecule has 0 aromatic carbocycles. The van der Waals surface area contributed by atoms with E-state index in [1.54, 1.807) is 22.7 Å². The van der Waals surface area contributed by atoms with E-state index >= 15 is 0 Å². The van der Waals surface area contributed by atoms with Gasteiger partial charge in [-0.3, -0.25) is 4.79 Å². The minimum Gasteiger partial charge on any atom is -0.338 e. The lowest BCUT2D eigenvalue weighted by atomic mass is 10.1. The van der Waals surface area contributed by atoms with Crippen LogP contribution >= 0.6 is 11.3 Å². The number of piperidine rings is 1. The maximum Gasteiger partial charge on any atom is 0.265 e. The lowest BCUT2D eigenvalue weighted by Crippen LogP contribution is -2.39. The van der Waals surface area contributed by atoms with Crippen LogP contribution in [-0.4, -0.2) is 43.9 Å². The summed E-state index contributed by atoms with van der Waals surface area (Å²) in [5.74, 6) is 0.104. The van der Waals surface area contributed by atoms with Crippen molar-refractivity contribution in [2.75, 3.05) is 13.1 Å². The number of hydrogen-bond acceptors (Lipinski definition) is 5. The van der Waals surface area contributed by atoms with E-state index < -0.39 is 0 Å². The molecular formula is C12H15N5OS. The van der Waals surface area contributed by atoms with Gasteiger partial charge in [-0.15, -0.1) is 11.3 Å². The Morgan fingerprint density at radius 3 is 2.58 bits per heavy atom. The highest BCUT2D eigenvalue weighted by molar-refractivity contribution is 7.11. The lowest BCUT2D eigenvalue weighted by molar-refractivity contribution is 0.0687. The molecule has 3 rings (SSSR count). The zero-order chi connectivity index (χ0) is 13.2. The molecular weight excluding hydrogens is 262 g/mol. The Hall–Kier alpha value is -1.76. The van der Waals surface area contributed by atoms with E-state index in [1.165, 1.54) is 11.3 Å². The van der Waals surface area contributed by atoms with Crippen LogP contribution in [0.25, 0.3) is 0 Å². The number of aromatic nitrogens is 4. The summed E-state index contributed by atoms with van der Waals surface area (Å²) in [6, 6.07) is 0.307. The van der Waals surface area contributed by atoms with Gasteiger partial charge < -0.3 is 4.90 Å². The number of carbonyl (C=O) groups is 1. The monoisotopic (exact) mass is 277 g/mol. The van der Waals surface area contributed by atoms with Gasteiger partial charge in [0.25, 0.3) is 5.91 Å². The third-order valence-electron chi connectivity index (χ3n) is 3.45. The van der Waals surface area contributed by atoms with Gasteiger partial charge in [0.15, 0.2) is 0 Å². The Kier molecular flexibility index (Phi) is 3.29. The Bertz CT molecular complexity index is 556. The molecule has 0 bridgehead atoms. The number of hydrogen-bond donors (Lipinski definition) is 0. The minimum atomic E-state index is 0.104. The largest absolute Gasteiger partial charge is 0.338 e. The van der Waals surface area contributed by atoms with Crippen LogP contribution in [0.3, 0.4) is 0 Å². The van der Waals surface area contributed by atoms with Crippen molar-refractivity contribution in [3.8, 4) is 0 Å². The van der Waals surface area contributed by atoms with Crippen molar-refractivity contribution in [2.24, 2.45) is 0 Å². The molecule has 19 heavy (non-hydrogen) atoms. The average Bonchev–Trinajstić information content (AvgIpc) is 3.09. The van der Waals surface area contributed by atoms with E-state index in [9.17, 15) is 4.79 Å². The first-order valence-corrected chi connectivity index (χ1v) is 7.19. The number of carbonyl (C=O) groups excluding carboxylic acids is 1. The number of aryl methyl sites for hydroxylation is 1. The van der Waals surface area contributed by atoms with Crippen molar-refractivity contribution in [1.29, 1.82) is 0 Å². The van der Waals surface area contributed by atoms with Crippen LogP contribution < -0.4 is 0 Å². The van der Waals surface area contributed by atoms with E-state index in [0.717, 1.165) is 36.5 Å². The van der Waals surface area contributed by atoms with Crippen molar-refractivity contribution in [3.05, 3.63) is 28.5 Å². The molecule has 1 aliphatic rings. The summed E-state index contributed by atoms with van der Waals surface area (Å²) in [6.07, 6.45) is 5.19. The fraction of sp³-hybridized carbons (Fsp3) is 0.500. The molecule has 0 aliphatic carbocycles. The number of nitrogens with zero attached hydrogens (tertiary/aromatic N) is 5. The quantitative estimate of drug-likeness (QED) is 0.835. The lowest BCUT2D eigenvalue weighted by Gasteiger charge is -2.31. The summed E-state index contributed by atoms with van der Waals surface area (Å²) >= 11 is 1.42. The van der Waals surface area contributed by atoms with Crippen molar-refractivity contribution >= 4 is 17.2 Å². The summed E-state index contributed by atoms with van der Waals surface area (Å²) in [5, 5.41) is 8.34. The highest BCUT2D eigenvalue weighted by Gasteiger charge is 2.26. The third kappa shape index (κ3) is 2.37. The van der Waals surface area contributed by atoms with Gasteiger partial charge in [0.1, 0.15) is 4.88 Å². The van der Waals surface area contributed by atoms with Gasteiger partial charge in [-0.1, -0.05) is 0 Å². The van der Waals surface area contributed by atoms with Crippen LogP contribution in [0.15, 0.2) is 17.9 Å². The first kappa shape index (κ1) is 12.3. The van der Waals surface area contributed by atoms with Crippen molar-refractivity contribution < 1.29 is 4.79 Å². The number of thiazole rings is 1. The summed E-state index contributed by atoms with van der Waals surface area (Å²) in [5.41, 5.74) is 2.55. The Balaban J connectivity index is 1.64. The van der Waals surface area contributed by atoms with Gasteiger partial charge in [0.2, 0.25) is 0 Å². The summed E-state index contributed by atoms with van der Waals surface area (Å²) in [6.45, 7) is 3.38. The van der Waals surface area contributed by atoms with Crippen molar-refractivity contribution in [3.63, 3.8) is 0 Å². The molecule has 1 fully saturated rings. The van der Waals surface area contributed by atoms with Gasteiger partial charge in [0, 0.05) is 13.1 Å². The predicted octanol–water partition coefficient (Wildman–Crippen LogP) is 1.52. The third-order valence-corrected chi connectivity index (χ3v) is 4.37. The van der Waals surface area contributed by atoms with E-state index in [4.69, 9.17) is 0 Å². The maximum absolute atomic E-state index is 12.3. The van der Waals surface area contributed by atoms with Gasteiger partial charge in [0.05, 0.1) is 29.6 Å². The van der Waals surface area contributed by atoms with E-state index in [1.807, 2.05) is 11.8 Å². The molecule has 7 heteroatoms. The second kappa shape index (κ2) is 5.08.